The molecule has 0 aliphatic rings. The fourth-order valence-electron chi connectivity index (χ4n) is 2.31. The molecule has 2 rings (SSSR count). The zero-order valence-corrected chi connectivity index (χ0v) is 18.0. The molecule has 142 valence electrons. The first-order valence-electron chi connectivity index (χ1n) is 8.02. The first-order chi connectivity index (χ1) is 12.1. The van der Waals surface area contributed by atoms with E-state index in [4.69, 9.17) is 0 Å². The lowest BCUT2D eigenvalue weighted by Gasteiger charge is -2.22. The molecule has 0 saturated heterocycles. The molecule has 0 aliphatic carbocycles. The van der Waals surface area contributed by atoms with Crippen LogP contribution in [0.4, 0.5) is 11.4 Å². The summed E-state index contributed by atoms with van der Waals surface area (Å²) in [6.45, 7) is 2.29. The predicted molar refractivity (Wildman–Crippen MR) is 119 cm³/mol. The normalized spacial score (nSPS) is 10.8. The molecule has 2 N–H and O–H groups in total. The van der Waals surface area contributed by atoms with Gasteiger partial charge in [-0.1, -0.05) is 6.07 Å². The molecule has 0 amide bonds. The molecule has 0 atom stereocenters. The standard InChI is InChI=1S/C17H23N5O2S.HI/c1-18-17(21(2)12-9-16-4-3-13-25-16)20-11-10-19-14-5-7-15(8-6-14)22(23)24;/h3-8,13,19H,9-12H2,1-2H3,(H,18,20);1H. The van der Waals surface area contributed by atoms with Crippen molar-refractivity contribution in [3.63, 3.8) is 0 Å². The Balaban J connectivity index is 0.00000338. The van der Waals surface area contributed by atoms with Crippen LogP contribution in [0.1, 0.15) is 4.88 Å². The van der Waals surface area contributed by atoms with Crippen LogP contribution in [-0.2, 0) is 6.42 Å². The summed E-state index contributed by atoms with van der Waals surface area (Å²) < 4.78 is 0. The Morgan fingerprint density at radius 1 is 1.27 bits per heavy atom. The third-order valence-electron chi connectivity index (χ3n) is 3.66. The molecule has 1 aromatic carbocycles. The van der Waals surface area contributed by atoms with Crippen LogP contribution in [0.15, 0.2) is 46.8 Å². The van der Waals surface area contributed by atoms with Crippen molar-refractivity contribution in [1.82, 2.24) is 10.2 Å². The summed E-state index contributed by atoms with van der Waals surface area (Å²) in [5, 5.41) is 19.3. The van der Waals surface area contributed by atoms with Crippen LogP contribution in [-0.4, -0.2) is 49.5 Å². The van der Waals surface area contributed by atoms with E-state index >= 15 is 0 Å². The summed E-state index contributed by atoms with van der Waals surface area (Å²) >= 11 is 1.77. The number of rotatable bonds is 8. The number of nitrogens with one attached hydrogen (secondary N) is 2. The van der Waals surface area contributed by atoms with E-state index < -0.39 is 4.92 Å². The zero-order valence-electron chi connectivity index (χ0n) is 14.8. The highest BCUT2D eigenvalue weighted by Crippen LogP contribution is 2.14. The third kappa shape index (κ3) is 7.16. The Morgan fingerprint density at radius 2 is 2.00 bits per heavy atom. The first-order valence-corrected chi connectivity index (χ1v) is 8.90. The first kappa shape index (κ1) is 22.2. The lowest BCUT2D eigenvalue weighted by atomic mass is 10.3. The predicted octanol–water partition coefficient (Wildman–Crippen LogP) is 3.44. The second kappa shape index (κ2) is 11.7. The van der Waals surface area contributed by atoms with Crippen LogP contribution in [0.3, 0.4) is 0 Å². The summed E-state index contributed by atoms with van der Waals surface area (Å²) in [6, 6.07) is 10.6. The summed E-state index contributed by atoms with van der Waals surface area (Å²) in [4.78, 5) is 18.0. The molecular weight excluding hydrogens is 465 g/mol. The maximum atomic E-state index is 10.6. The number of anilines is 1. The summed E-state index contributed by atoms with van der Waals surface area (Å²) in [7, 11) is 3.79. The fourth-order valence-corrected chi connectivity index (χ4v) is 3.00. The molecule has 26 heavy (non-hydrogen) atoms. The van der Waals surface area contributed by atoms with E-state index in [2.05, 4.69) is 38.0 Å². The van der Waals surface area contributed by atoms with Crippen LogP contribution < -0.4 is 10.6 Å². The number of aliphatic imine (C=N–C) groups is 1. The van der Waals surface area contributed by atoms with Crippen molar-refractivity contribution in [2.75, 3.05) is 39.0 Å². The average Bonchev–Trinajstić information content (AvgIpc) is 3.13. The Kier molecular flexibility index (Phi) is 9.96. The fraction of sp³-hybridized carbons (Fsp3) is 0.353. The summed E-state index contributed by atoms with van der Waals surface area (Å²) in [6.07, 6.45) is 0.996. The van der Waals surface area contributed by atoms with Gasteiger partial charge >= 0.3 is 0 Å². The number of nitro benzene ring substituents is 1. The van der Waals surface area contributed by atoms with E-state index in [0.717, 1.165) is 24.6 Å². The van der Waals surface area contributed by atoms with Gasteiger partial charge < -0.3 is 15.5 Å². The minimum Gasteiger partial charge on any atom is -0.383 e. The Morgan fingerprint density at radius 3 is 2.58 bits per heavy atom. The topological polar surface area (TPSA) is 82.8 Å². The average molecular weight is 489 g/mol. The number of nitro groups is 1. The van der Waals surface area contributed by atoms with Gasteiger partial charge in [0.25, 0.3) is 5.69 Å². The Hall–Kier alpha value is -1.88. The highest BCUT2D eigenvalue weighted by Gasteiger charge is 2.06. The third-order valence-corrected chi connectivity index (χ3v) is 4.60. The monoisotopic (exact) mass is 489 g/mol. The smallest absolute Gasteiger partial charge is 0.269 e. The van der Waals surface area contributed by atoms with Crippen molar-refractivity contribution in [1.29, 1.82) is 0 Å². The molecule has 0 saturated carbocycles. The quantitative estimate of drug-likeness (QED) is 0.148. The molecule has 0 radical (unpaired) electrons. The van der Waals surface area contributed by atoms with Gasteiger partial charge in [-0.25, -0.2) is 0 Å². The molecule has 0 spiro atoms. The number of non-ortho nitro benzene ring substituents is 1. The lowest BCUT2D eigenvalue weighted by molar-refractivity contribution is -0.384. The Bertz CT molecular complexity index is 692. The van der Waals surface area contributed by atoms with Crippen molar-refractivity contribution >= 4 is 52.6 Å². The molecule has 1 heterocycles. The number of likely N-dealkylation sites (N-methyl/N-ethyl adjacent to an activating group) is 1. The van der Waals surface area contributed by atoms with Crippen molar-refractivity contribution in [3.8, 4) is 0 Å². The molecule has 0 fully saturated rings. The number of halogens is 1. The van der Waals surface area contributed by atoms with Gasteiger partial charge in [0, 0.05) is 56.4 Å². The van der Waals surface area contributed by atoms with Gasteiger partial charge in [-0.05, 0) is 30.0 Å². The number of benzene rings is 1. The number of hydrogen-bond donors (Lipinski definition) is 2. The van der Waals surface area contributed by atoms with Gasteiger partial charge in [0.05, 0.1) is 4.92 Å². The van der Waals surface area contributed by atoms with Crippen molar-refractivity contribution in [2.45, 2.75) is 6.42 Å². The van der Waals surface area contributed by atoms with Crippen LogP contribution in [0, 0.1) is 10.1 Å². The molecular formula is C17H24IN5O2S. The van der Waals surface area contributed by atoms with E-state index in [1.165, 1.54) is 17.0 Å². The molecule has 0 aliphatic heterocycles. The number of thiophene rings is 1. The van der Waals surface area contributed by atoms with Crippen LogP contribution in [0.5, 0.6) is 0 Å². The van der Waals surface area contributed by atoms with Gasteiger partial charge in [-0.3, -0.25) is 15.1 Å². The van der Waals surface area contributed by atoms with E-state index in [9.17, 15) is 10.1 Å². The minimum atomic E-state index is -0.401. The number of hydrogen-bond acceptors (Lipinski definition) is 5. The van der Waals surface area contributed by atoms with Crippen molar-refractivity contribution in [3.05, 3.63) is 56.8 Å². The number of guanidine groups is 1. The van der Waals surface area contributed by atoms with E-state index in [0.29, 0.717) is 13.1 Å². The van der Waals surface area contributed by atoms with Crippen molar-refractivity contribution < 1.29 is 4.92 Å². The Labute approximate surface area is 174 Å². The molecule has 0 unspecified atom stereocenters. The molecule has 1 aromatic heterocycles. The van der Waals surface area contributed by atoms with Crippen LogP contribution in [0.25, 0.3) is 0 Å². The van der Waals surface area contributed by atoms with Crippen LogP contribution in [0.2, 0.25) is 0 Å². The van der Waals surface area contributed by atoms with E-state index in [1.54, 1.807) is 30.5 Å². The molecule has 9 heteroatoms. The van der Waals surface area contributed by atoms with E-state index in [1.807, 2.05) is 7.05 Å². The second-order valence-electron chi connectivity index (χ2n) is 5.46. The summed E-state index contributed by atoms with van der Waals surface area (Å²) in [5.74, 6) is 0.849. The molecule has 2 aromatic rings. The summed E-state index contributed by atoms with van der Waals surface area (Å²) in [5.41, 5.74) is 0.949. The van der Waals surface area contributed by atoms with Gasteiger partial charge in [-0.15, -0.1) is 35.3 Å². The van der Waals surface area contributed by atoms with E-state index in [-0.39, 0.29) is 29.7 Å². The largest absolute Gasteiger partial charge is 0.383 e. The maximum absolute atomic E-state index is 10.6. The highest BCUT2D eigenvalue weighted by molar-refractivity contribution is 14.0. The van der Waals surface area contributed by atoms with Crippen LogP contribution >= 0.6 is 35.3 Å². The number of nitrogens with zero attached hydrogens (tertiary/aromatic N) is 3. The second-order valence-corrected chi connectivity index (χ2v) is 6.49. The molecule has 0 bridgehead atoms. The zero-order chi connectivity index (χ0) is 18.1. The lowest BCUT2D eigenvalue weighted by Crippen LogP contribution is -2.41. The SMILES string of the molecule is CN=C(NCCNc1ccc([N+](=O)[O-])cc1)N(C)CCc1cccs1.I. The van der Waals surface area contributed by atoms with Gasteiger partial charge in [0.1, 0.15) is 0 Å². The molecule has 7 nitrogen and oxygen atoms in total. The van der Waals surface area contributed by atoms with Gasteiger partial charge in [-0.2, -0.15) is 0 Å². The maximum Gasteiger partial charge on any atom is 0.269 e. The van der Waals surface area contributed by atoms with Crippen molar-refractivity contribution in [2.24, 2.45) is 4.99 Å². The minimum absolute atomic E-state index is 0. The van der Waals surface area contributed by atoms with Gasteiger partial charge in [0.2, 0.25) is 0 Å². The highest BCUT2D eigenvalue weighted by atomic mass is 127. The van der Waals surface area contributed by atoms with Gasteiger partial charge in [0.15, 0.2) is 5.96 Å².